The van der Waals surface area contributed by atoms with Crippen LogP contribution < -0.4 is 10.2 Å². The van der Waals surface area contributed by atoms with E-state index in [1.165, 1.54) is 0 Å². The SMILES string of the molecule is Cc1c(Br)cccc1N1CCC(=O)NC(C)(C)C1=O. The summed E-state index contributed by atoms with van der Waals surface area (Å²) in [4.78, 5) is 25.9. The summed E-state index contributed by atoms with van der Waals surface area (Å²) in [5, 5.41) is 2.76. The van der Waals surface area contributed by atoms with Gasteiger partial charge >= 0.3 is 0 Å². The van der Waals surface area contributed by atoms with Gasteiger partial charge < -0.3 is 10.2 Å². The van der Waals surface area contributed by atoms with E-state index in [-0.39, 0.29) is 11.8 Å². The molecule has 5 heteroatoms. The van der Waals surface area contributed by atoms with Crippen molar-refractivity contribution in [3.8, 4) is 0 Å². The zero-order valence-corrected chi connectivity index (χ0v) is 12.9. The summed E-state index contributed by atoms with van der Waals surface area (Å²) in [7, 11) is 0. The molecule has 102 valence electrons. The van der Waals surface area contributed by atoms with E-state index in [9.17, 15) is 9.59 Å². The summed E-state index contributed by atoms with van der Waals surface area (Å²) in [6, 6.07) is 5.74. The second-order valence-electron chi connectivity index (χ2n) is 5.26. The van der Waals surface area contributed by atoms with Crippen molar-refractivity contribution in [2.75, 3.05) is 11.4 Å². The van der Waals surface area contributed by atoms with Gasteiger partial charge in [-0.15, -0.1) is 0 Å². The largest absolute Gasteiger partial charge is 0.342 e. The molecule has 1 aromatic rings. The molecule has 1 heterocycles. The first-order valence-electron chi connectivity index (χ1n) is 6.21. The first kappa shape index (κ1) is 14.1. The highest BCUT2D eigenvalue weighted by Gasteiger charge is 2.37. The molecular formula is C14H17BrN2O2. The highest BCUT2D eigenvalue weighted by molar-refractivity contribution is 9.10. The number of halogens is 1. The lowest BCUT2D eigenvalue weighted by Crippen LogP contribution is -2.53. The number of hydrogen-bond donors (Lipinski definition) is 1. The van der Waals surface area contributed by atoms with Gasteiger partial charge in [-0.2, -0.15) is 0 Å². The molecule has 2 amide bonds. The molecule has 0 radical (unpaired) electrons. The molecule has 0 unspecified atom stereocenters. The van der Waals surface area contributed by atoms with Gasteiger partial charge in [0.2, 0.25) is 5.91 Å². The molecule has 1 fully saturated rings. The van der Waals surface area contributed by atoms with Crippen LogP contribution in [-0.4, -0.2) is 23.9 Å². The fourth-order valence-corrected chi connectivity index (χ4v) is 2.59. The molecule has 1 aromatic carbocycles. The summed E-state index contributed by atoms with van der Waals surface area (Å²) >= 11 is 3.47. The maximum absolute atomic E-state index is 12.6. The molecule has 0 saturated carbocycles. The molecule has 1 aliphatic heterocycles. The highest BCUT2D eigenvalue weighted by Crippen LogP contribution is 2.29. The van der Waals surface area contributed by atoms with Crippen LogP contribution in [0.5, 0.6) is 0 Å². The molecule has 0 atom stereocenters. The Morgan fingerprint density at radius 3 is 2.68 bits per heavy atom. The van der Waals surface area contributed by atoms with Crippen LogP contribution in [0.2, 0.25) is 0 Å². The van der Waals surface area contributed by atoms with Crippen molar-refractivity contribution < 1.29 is 9.59 Å². The van der Waals surface area contributed by atoms with Crippen LogP contribution >= 0.6 is 15.9 Å². The van der Waals surface area contributed by atoms with Crippen molar-refractivity contribution >= 4 is 33.4 Å². The van der Waals surface area contributed by atoms with E-state index in [0.717, 1.165) is 15.7 Å². The average Bonchev–Trinajstić information content (AvgIpc) is 2.42. The van der Waals surface area contributed by atoms with Gasteiger partial charge in [0.15, 0.2) is 0 Å². The molecule has 1 N–H and O–H groups in total. The predicted molar refractivity (Wildman–Crippen MR) is 78.1 cm³/mol. The zero-order chi connectivity index (χ0) is 14.2. The van der Waals surface area contributed by atoms with Crippen molar-refractivity contribution in [1.29, 1.82) is 0 Å². The van der Waals surface area contributed by atoms with Crippen molar-refractivity contribution in [3.63, 3.8) is 0 Å². The summed E-state index contributed by atoms with van der Waals surface area (Å²) in [5.41, 5.74) is 0.979. The number of carbonyl (C=O) groups excluding carboxylic acids is 2. The maximum Gasteiger partial charge on any atom is 0.252 e. The topological polar surface area (TPSA) is 49.4 Å². The van der Waals surface area contributed by atoms with E-state index in [1.54, 1.807) is 18.7 Å². The van der Waals surface area contributed by atoms with Gasteiger partial charge in [0.05, 0.1) is 0 Å². The Bertz CT molecular complexity index is 540. The summed E-state index contributed by atoms with van der Waals surface area (Å²) in [6.45, 7) is 5.84. The number of hydrogen-bond acceptors (Lipinski definition) is 2. The average molecular weight is 325 g/mol. The molecule has 0 aromatic heterocycles. The molecule has 4 nitrogen and oxygen atoms in total. The van der Waals surface area contributed by atoms with Gasteiger partial charge in [-0.1, -0.05) is 22.0 Å². The van der Waals surface area contributed by atoms with Crippen molar-refractivity contribution in [2.45, 2.75) is 32.7 Å². The van der Waals surface area contributed by atoms with Crippen molar-refractivity contribution in [1.82, 2.24) is 5.32 Å². The van der Waals surface area contributed by atoms with Crippen molar-refractivity contribution in [3.05, 3.63) is 28.2 Å². The van der Waals surface area contributed by atoms with Gasteiger partial charge in [0.25, 0.3) is 5.91 Å². The molecule has 2 rings (SSSR count). The fourth-order valence-electron chi connectivity index (χ4n) is 2.24. The third-order valence-corrected chi connectivity index (χ3v) is 4.18. The van der Waals surface area contributed by atoms with Gasteiger partial charge in [0, 0.05) is 23.1 Å². The monoisotopic (exact) mass is 324 g/mol. The maximum atomic E-state index is 12.6. The Morgan fingerprint density at radius 2 is 2.00 bits per heavy atom. The number of anilines is 1. The molecule has 1 aliphatic rings. The minimum Gasteiger partial charge on any atom is -0.342 e. The molecular weight excluding hydrogens is 308 g/mol. The Labute approximate surface area is 121 Å². The zero-order valence-electron chi connectivity index (χ0n) is 11.3. The normalized spacial score (nSPS) is 19.1. The van der Waals surface area contributed by atoms with Crippen LogP contribution in [-0.2, 0) is 9.59 Å². The number of benzene rings is 1. The minimum atomic E-state index is -0.873. The number of nitrogens with one attached hydrogen (secondary N) is 1. The lowest BCUT2D eigenvalue weighted by molar-refractivity contribution is -0.128. The fraction of sp³-hybridized carbons (Fsp3) is 0.429. The Morgan fingerprint density at radius 1 is 1.32 bits per heavy atom. The lowest BCUT2D eigenvalue weighted by Gasteiger charge is -2.30. The number of nitrogens with zero attached hydrogens (tertiary/aromatic N) is 1. The minimum absolute atomic E-state index is 0.0837. The van der Waals surface area contributed by atoms with Crippen LogP contribution in [0.25, 0.3) is 0 Å². The predicted octanol–water partition coefficient (Wildman–Crippen LogP) is 2.39. The van der Waals surface area contributed by atoms with E-state index in [4.69, 9.17) is 0 Å². The van der Waals surface area contributed by atoms with Gasteiger partial charge in [-0.05, 0) is 38.5 Å². The second-order valence-corrected chi connectivity index (χ2v) is 6.12. The summed E-state index contributed by atoms with van der Waals surface area (Å²) < 4.78 is 0.958. The van der Waals surface area contributed by atoms with Gasteiger partial charge in [0.1, 0.15) is 5.54 Å². The van der Waals surface area contributed by atoms with Crippen LogP contribution in [0.1, 0.15) is 25.8 Å². The van der Waals surface area contributed by atoms with Crippen LogP contribution in [0.15, 0.2) is 22.7 Å². The number of amides is 2. The molecule has 0 aliphatic carbocycles. The third-order valence-electron chi connectivity index (χ3n) is 3.32. The van der Waals surface area contributed by atoms with Gasteiger partial charge in [-0.3, -0.25) is 9.59 Å². The number of rotatable bonds is 1. The number of carbonyl (C=O) groups is 2. The van der Waals surface area contributed by atoms with E-state index in [2.05, 4.69) is 21.2 Å². The highest BCUT2D eigenvalue weighted by atomic mass is 79.9. The molecule has 19 heavy (non-hydrogen) atoms. The first-order valence-corrected chi connectivity index (χ1v) is 7.00. The smallest absolute Gasteiger partial charge is 0.252 e. The third kappa shape index (κ3) is 2.66. The first-order chi connectivity index (χ1) is 8.83. The second kappa shape index (κ2) is 4.96. The standard InChI is InChI=1S/C14H17BrN2O2/c1-9-10(15)5-4-6-11(9)17-8-7-12(18)16-14(2,3)13(17)19/h4-6H,7-8H2,1-3H3,(H,16,18). The molecule has 1 saturated heterocycles. The van der Waals surface area contributed by atoms with E-state index < -0.39 is 5.54 Å². The summed E-state index contributed by atoms with van der Waals surface area (Å²) in [5.74, 6) is -0.173. The molecule has 0 spiro atoms. The van der Waals surface area contributed by atoms with Crippen molar-refractivity contribution in [2.24, 2.45) is 0 Å². The van der Waals surface area contributed by atoms with Crippen LogP contribution in [0.4, 0.5) is 5.69 Å². The van der Waals surface area contributed by atoms with E-state index in [0.29, 0.717) is 13.0 Å². The summed E-state index contributed by atoms with van der Waals surface area (Å²) in [6.07, 6.45) is 0.321. The van der Waals surface area contributed by atoms with E-state index in [1.807, 2.05) is 25.1 Å². The Balaban J connectivity index is 2.45. The van der Waals surface area contributed by atoms with Crippen LogP contribution in [0.3, 0.4) is 0 Å². The van der Waals surface area contributed by atoms with E-state index >= 15 is 0 Å². The molecule has 0 bridgehead atoms. The Hall–Kier alpha value is -1.36. The lowest BCUT2D eigenvalue weighted by atomic mass is 10.0. The van der Waals surface area contributed by atoms with Crippen LogP contribution in [0, 0.1) is 6.92 Å². The Kier molecular flexibility index (Phi) is 3.67. The quantitative estimate of drug-likeness (QED) is 0.862. The van der Waals surface area contributed by atoms with Gasteiger partial charge in [-0.25, -0.2) is 0 Å².